The van der Waals surface area contributed by atoms with E-state index >= 15 is 0 Å². The van der Waals surface area contributed by atoms with Crippen molar-refractivity contribution < 1.29 is 23.1 Å². The van der Waals surface area contributed by atoms with Crippen LogP contribution in [0, 0.1) is 6.92 Å². The Balaban J connectivity index is 1.71. The second kappa shape index (κ2) is 8.06. The molecule has 2 N–H and O–H groups in total. The number of benzene rings is 2. The molecule has 0 aliphatic rings. The topological polar surface area (TPSA) is 96.7 Å². The summed E-state index contributed by atoms with van der Waals surface area (Å²) in [5.41, 5.74) is 1.04. The maximum absolute atomic E-state index is 13.4. The first kappa shape index (κ1) is 20.9. The third-order valence-electron chi connectivity index (χ3n) is 4.72. The van der Waals surface area contributed by atoms with Gasteiger partial charge in [0.05, 0.1) is 28.7 Å². The zero-order valence-corrected chi connectivity index (χ0v) is 16.9. The molecule has 0 aliphatic carbocycles. The zero-order valence-electron chi connectivity index (χ0n) is 16.1. The molecule has 0 spiro atoms. The van der Waals surface area contributed by atoms with Crippen molar-refractivity contribution in [2.24, 2.45) is 0 Å². The van der Waals surface area contributed by atoms with E-state index in [0.29, 0.717) is 16.8 Å². The number of hydrogen-bond donors (Lipinski definition) is 2. The lowest BCUT2D eigenvalue weighted by atomic mass is 10.0. The summed E-state index contributed by atoms with van der Waals surface area (Å²) in [6.07, 6.45) is -1.42. The average Bonchev–Trinajstić information content (AvgIpc) is 3.36. The lowest BCUT2D eigenvalue weighted by molar-refractivity contribution is -0.138. The van der Waals surface area contributed by atoms with Gasteiger partial charge in [-0.2, -0.15) is 33.7 Å². The Bertz CT molecular complexity index is 1240. The Kier molecular flexibility index (Phi) is 5.44. The molecule has 0 radical (unpaired) electrons. The normalized spacial score (nSPS) is 12.9. The van der Waals surface area contributed by atoms with Crippen molar-refractivity contribution in [3.05, 3.63) is 71.2 Å². The predicted octanol–water partition coefficient (Wildman–Crippen LogP) is 4.45. The van der Waals surface area contributed by atoms with Crippen LogP contribution in [0.2, 0.25) is 0 Å². The maximum atomic E-state index is 13.4. The Morgan fingerprint density at radius 3 is 2.71 bits per heavy atom. The second-order valence-corrected chi connectivity index (χ2v) is 8.06. The first-order valence-electron chi connectivity index (χ1n) is 9.10. The number of H-pyrrole nitrogens is 1. The highest BCUT2D eigenvalue weighted by molar-refractivity contribution is 7.99. The van der Waals surface area contributed by atoms with E-state index in [1.165, 1.54) is 35.6 Å². The van der Waals surface area contributed by atoms with E-state index in [2.05, 4.69) is 20.5 Å². The van der Waals surface area contributed by atoms with Gasteiger partial charge in [-0.15, -0.1) is 11.8 Å². The van der Waals surface area contributed by atoms with Gasteiger partial charge in [-0.25, -0.2) is 0 Å². The summed E-state index contributed by atoms with van der Waals surface area (Å²) < 4.78 is 41.7. The fourth-order valence-corrected chi connectivity index (χ4v) is 4.40. The summed E-state index contributed by atoms with van der Waals surface area (Å²) in [6, 6.07) is 9.58. The molecule has 11 heteroatoms. The third kappa shape index (κ3) is 4.41. The number of aromatic nitrogens is 5. The number of hydrogen-bond acceptors (Lipinski definition) is 5. The average molecular weight is 447 g/mol. The molecule has 0 fully saturated rings. The quantitative estimate of drug-likeness (QED) is 0.424. The SMILES string of the molecule is Cc1ccc(C(Sc2ccc3c(cnn3CC(=O)O)c2)c2cn[nH]n2)cc1C(F)(F)F. The van der Waals surface area contributed by atoms with Gasteiger partial charge in [-0.3, -0.25) is 9.48 Å². The minimum Gasteiger partial charge on any atom is -0.480 e. The molecule has 2 aromatic heterocycles. The largest absolute Gasteiger partial charge is 0.480 e. The summed E-state index contributed by atoms with van der Waals surface area (Å²) in [6.45, 7) is 1.16. The molecule has 0 saturated carbocycles. The van der Waals surface area contributed by atoms with Crippen LogP contribution in [0.15, 0.2) is 53.7 Å². The van der Waals surface area contributed by atoms with E-state index in [0.717, 1.165) is 16.3 Å². The minimum atomic E-state index is -4.46. The number of carboxylic acids is 1. The smallest absolute Gasteiger partial charge is 0.416 e. The summed E-state index contributed by atoms with van der Waals surface area (Å²) in [5, 5.41) is 23.7. The van der Waals surface area contributed by atoms with Crippen LogP contribution in [0.1, 0.15) is 27.6 Å². The molecular weight excluding hydrogens is 431 g/mol. The molecule has 160 valence electrons. The molecule has 4 rings (SSSR count). The van der Waals surface area contributed by atoms with Crippen LogP contribution in [-0.4, -0.2) is 36.3 Å². The summed E-state index contributed by atoms with van der Waals surface area (Å²) in [5.74, 6) is -1.01. The number of fused-ring (bicyclic) bond motifs is 1. The highest BCUT2D eigenvalue weighted by Gasteiger charge is 2.33. The molecule has 0 saturated heterocycles. The van der Waals surface area contributed by atoms with Gasteiger partial charge in [0.1, 0.15) is 12.2 Å². The summed E-state index contributed by atoms with van der Waals surface area (Å²) in [7, 11) is 0. The van der Waals surface area contributed by atoms with Gasteiger partial charge >= 0.3 is 12.1 Å². The Labute approximate surface area is 178 Å². The number of rotatable bonds is 6. The molecular formula is C20H16F3N5O2S. The van der Waals surface area contributed by atoms with Crippen LogP contribution in [0.25, 0.3) is 10.9 Å². The van der Waals surface area contributed by atoms with Gasteiger partial charge in [-0.1, -0.05) is 12.1 Å². The maximum Gasteiger partial charge on any atom is 0.416 e. The summed E-state index contributed by atoms with van der Waals surface area (Å²) in [4.78, 5) is 11.7. The van der Waals surface area contributed by atoms with Crippen molar-refractivity contribution >= 4 is 28.6 Å². The standard InChI is InChI=1S/C20H16F3N5O2S/c1-11-2-3-12(7-15(11)20(21,22)23)19(16-9-24-27-26-16)31-14-4-5-17-13(6-14)8-25-28(17)10-18(29)30/h2-9,19H,10H2,1H3,(H,29,30)(H,24,26,27). The molecule has 2 heterocycles. The predicted molar refractivity (Wildman–Crippen MR) is 108 cm³/mol. The number of thioether (sulfide) groups is 1. The van der Waals surface area contributed by atoms with Crippen LogP contribution in [-0.2, 0) is 17.5 Å². The number of nitrogens with zero attached hydrogens (tertiary/aromatic N) is 4. The number of nitrogens with one attached hydrogen (secondary N) is 1. The van der Waals surface area contributed by atoms with Gasteiger partial charge < -0.3 is 5.11 Å². The molecule has 1 unspecified atom stereocenters. The van der Waals surface area contributed by atoms with E-state index in [4.69, 9.17) is 5.11 Å². The number of carbonyl (C=O) groups is 1. The molecule has 31 heavy (non-hydrogen) atoms. The molecule has 7 nitrogen and oxygen atoms in total. The molecule has 1 atom stereocenters. The zero-order chi connectivity index (χ0) is 22.2. The van der Waals surface area contributed by atoms with Gasteiger partial charge in [0.15, 0.2) is 0 Å². The van der Waals surface area contributed by atoms with Gasteiger partial charge in [0.2, 0.25) is 0 Å². The highest BCUT2D eigenvalue weighted by atomic mass is 32.2. The Morgan fingerprint density at radius 2 is 2.03 bits per heavy atom. The number of carboxylic acid groups (broad SMARTS) is 1. The Morgan fingerprint density at radius 1 is 1.23 bits per heavy atom. The van der Waals surface area contributed by atoms with E-state index < -0.39 is 23.0 Å². The number of alkyl halides is 3. The number of halogens is 3. The third-order valence-corrected chi connectivity index (χ3v) is 6.00. The van der Waals surface area contributed by atoms with Crippen molar-refractivity contribution in [1.29, 1.82) is 0 Å². The van der Waals surface area contributed by atoms with Gasteiger partial charge in [0.25, 0.3) is 0 Å². The van der Waals surface area contributed by atoms with Gasteiger partial charge in [0, 0.05) is 10.3 Å². The lowest BCUT2D eigenvalue weighted by Gasteiger charge is -2.18. The Hall–Kier alpha value is -3.34. The summed E-state index contributed by atoms with van der Waals surface area (Å²) >= 11 is 1.32. The number of aliphatic carboxylic acids is 1. The fourth-order valence-electron chi connectivity index (χ4n) is 3.27. The molecule has 2 aromatic carbocycles. The molecule has 4 aromatic rings. The van der Waals surface area contributed by atoms with E-state index in [1.807, 2.05) is 6.07 Å². The van der Waals surface area contributed by atoms with Gasteiger partial charge in [-0.05, 0) is 42.3 Å². The van der Waals surface area contributed by atoms with Crippen molar-refractivity contribution in [3.8, 4) is 0 Å². The molecule has 0 bridgehead atoms. The van der Waals surface area contributed by atoms with Crippen molar-refractivity contribution in [3.63, 3.8) is 0 Å². The van der Waals surface area contributed by atoms with E-state index in [1.54, 1.807) is 24.4 Å². The van der Waals surface area contributed by atoms with Crippen molar-refractivity contribution in [2.75, 3.05) is 0 Å². The van der Waals surface area contributed by atoms with Crippen molar-refractivity contribution in [2.45, 2.75) is 29.8 Å². The molecule has 0 aliphatic heterocycles. The number of aryl methyl sites for hydroxylation is 1. The van der Waals surface area contributed by atoms with E-state index in [9.17, 15) is 18.0 Å². The second-order valence-electron chi connectivity index (χ2n) is 6.88. The lowest BCUT2D eigenvalue weighted by Crippen LogP contribution is -2.09. The number of aromatic amines is 1. The molecule has 0 amide bonds. The van der Waals surface area contributed by atoms with E-state index in [-0.39, 0.29) is 12.1 Å². The van der Waals surface area contributed by atoms with Crippen molar-refractivity contribution in [1.82, 2.24) is 25.2 Å². The highest BCUT2D eigenvalue weighted by Crippen LogP contribution is 2.42. The minimum absolute atomic E-state index is 0.146. The van der Waals surface area contributed by atoms with Crippen LogP contribution in [0.4, 0.5) is 13.2 Å². The first-order chi connectivity index (χ1) is 14.7. The fraction of sp³-hybridized carbons (Fsp3) is 0.200. The monoisotopic (exact) mass is 447 g/mol. The van der Waals surface area contributed by atoms with Crippen LogP contribution in [0.3, 0.4) is 0 Å². The van der Waals surface area contributed by atoms with Crippen LogP contribution in [0.5, 0.6) is 0 Å². The van der Waals surface area contributed by atoms with Crippen LogP contribution < -0.4 is 0 Å². The van der Waals surface area contributed by atoms with Crippen LogP contribution >= 0.6 is 11.8 Å². The first-order valence-corrected chi connectivity index (χ1v) is 9.98.